The normalized spacial score (nSPS) is 13.4. The number of hydrogen-bond acceptors (Lipinski definition) is 3. The molecule has 2 N–H and O–H groups in total. The van der Waals surface area contributed by atoms with Gasteiger partial charge in [0.2, 0.25) is 0 Å². The van der Waals surface area contributed by atoms with Crippen molar-refractivity contribution in [3.63, 3.8) is 0 Å². The molecule has 6 heteroatoms. The number of hydrogen-bond donors (Lipinski definition) is 2. The fourth-order valence-corrected chi connectivity index (χ4v) is 3.44. The Kier molecular flexibility index (Phi) is 5.44. The zero-order chi connectivity index (χ0) is 19.6. The van der Waals surface area contributed by atoms with Crippen LogP contribution in [-0.2, 0) is 31.3 Å². The highest BCUT2D eigenvalue weighted by Gasteiger charge is 2.19. The number of nitrogens with one attached hydrogen (secondary N) is 2. The first kappa shape index (κ1) is 19.3. The third-order valence-electron chi connectivity index (χ3n) is 5.08. The Morgan fingerprint density at radius 3 is 2.59 bits per heavy atom. The Morgan fingerprint density at radius 1 is 1.26 bits per heavy atom. The molecule has 1 aliphatic rings. The summed E-state index contributed by atoms with van der Waals surface area (Å²) in [6.07, 6.45) is 3.41. The lowest BCUT2D eigenvalue weighted by Crippen LogP contribution is -2.36. The summed E-state index contributed by atoms with van der Waals surface area (Å²) in [4.78, 5) is 14.2. The van der Waals surface area contributed by atoms with Crippen LogP contribution in [0.4, 0.5) is 4.79 Å². The van der Waals surface area contributed by atoms with Crippen LogP contribution in [0.3, 0.4) is 0 Å². The second kappa shape index (κ2) is 7.62. The van der Waals surface area contributed by atoms with Gasteiger partial charge in [0.25, 0.3) is 0 Å². The Hall–Kier alpha value is -2.50. The molecule has 0 spiro atoms. The van der Waals surface area contributed by atoms with Crippen molar-refractivity contribution in [2.24, 2.45) is 0 Å². The Morgan fingerprint density at radius 2 is 1.96 bits per heavy atom. The number of H-pyrrole nitrogens is 1. The van der Waals surface area contributed by atoms with Gasteiger partial charge in [0.05, 0.1) is 25.0 Å². The fourth-order valence-electron chi connectivity index (χ4n) is 3.44. The Balaban J connectivity index is 1.60. The minimum atomic E-state index is -0.121. The molecule has 1 aliphatic carbocycles. The SMILES string of the molecule is COc1cc2c(cc1CNC(=O)N(C)Cc1cc(C(C)(C)C)n[nH]1)CCC2. The second-order valence-corrected chi connectivity index (χ2v) is 8.33. The summed E-state index contributed by atoms with van der Waals surface area (Å²) in [7, 11) is 3.46. The second-order valence-electron chi connectivity index (χ2n) is 8.33. The summed E-state index contributed by atoms with van der Waals surface area (Å²) in [5.41, 5.74) is 5.67. The summed E-state index contributed by atoms with van der Waals surface area (Å²) in [5, 5.41) is 10.4. The van der Waals surface area contributed by atoms with Gasteiger partial charge in [-0.2, -0.15) is 5.10 Å². The van der Waals surface area contributed by atoms with Gasteiger partial charge in [-0.1, -0.05) is 26.8 Å². The first-order chi connectivity index (χ1) is 12.8. The van der Waals surface area contributed by atoms with E-state index < -0.39 is 0 Å². The van der Waals surface area contributed by atoms with E-state index in [1.54, 1.807) is 19.1 Å². The standard InChI is InChI=1S/C21H30N4O2/c1-21(2,3)19-11-17(23-24-19)13-25(4)20(26)22-12-16-9-14-7-6-8-15(14)10-18(16)27-5/h9-11H,6-8,12-13H2,1-5H3,(H,22,26)(H,23,24). The summed E-state index contributed by atoms with van der Waals surface area (Å²) in [5.74, 6) is 0.849. The third-order valence-corrected chi connectivity index (χ3v) is 5.08. The predicted molar refractivity (Wildman–Crippen MR) is 106 cm³/mol. The Labute approximate surface area is 161 Å². The number of aromatic amines is 1. The molecule has 2 aromatic rings. The van der Waals surface area contributed by atoms with Crippen LogP contribution in [0.25, 0.3) is 0 Å². The number of methoxy groups -OCH3 is 1. The quantitative estimate of drug-likeness (QED) is 0.846. The molecule has 1 aromatic heterocycles. The molecule has 0 unspecified atom stereocenters. The molecular formula is C21H30N4O2. The van der Waals surface area contributed by atoms with Gasteiger partial charge >= 0.3 is 6.03 Å². The van der Waals surface area contributed by atoms with E-state index in [0.717, 1.165) is 35.5 Å². The van der Waals surface area contributed by atoms with Gasteiger partial charge in [0, 0.05) is 24.6 Å². The number of carbonyl (C=O) groups excluding carboxylic acids is 1. The minimum absolute atomic E-state index is 0.0142. The zero-order valence-corrected chi connectivity index (χ0v) is 17.0. The smallest absolute Gasteiger partial charge is 0.317 e. The molecule has 0 fully saturated rings. The van der Waals surface area contributed by atoms with Crippen LogP contribution in [0.2, 0.25) is 0 Å². The maximum atomic E-state index is 12.5. The number of nitrogens with zero attached hydrogens (tertiary/aromatic N) is 2. The lowest BCUT2D eigenvalue weighted by molar-refractivity contribution is 0.206. The van der Waals surface area contributed by atoms with Crippen LogP contribution in [0.15, 0.2) is 18.2 Å². The number of urea groups is 1. The van der Waals surface area contributed by atoms with Gasteiger partial charge in [-0.15, -0.1) is 0 Å². The molecule has 1 aromatic carbocycles. The van der Waals surface area contributed by atoms with Gasteiger partial charge in [0.15, 0.2) is 0 Å². The van der Waals surface area contributed by atoms with Crippen LogP contribution in [0.5, 0.6) is 5.75 Å². The molecule has 0 bridgehead atoms. The molecule has 3 rings (SSSR count). The van der Waals surface area contributed by atoms with Crippen molar-refractivity contribution in [1.82, 2.24) is 20.4 Å². The average Bonchev–Trinajstić information content (AvgIpc) is 3.26. The van der Waals surface area contributed by atoms with E-state index in [4.69, 9.17) is 4.74 Å². The summed E-state index contributed by atoms with van der Waals surface area (Å²) >= 11 is 0. The number of rotatable bonds is 5. The van der Waals surface area contributed by atoms with E-state index in [2.05, 4.69) is 48.4 Å². The number of amides is 2. The highest BCUT2D eigenvalue weighted by Crippen LogP contribution is 2.29. The van der Waals surface area contributed by atoms with Crippen LogP contribution in [-0.4, -0.2) is 35.3 Å². The van der Waals surface area contributed by atoms with Gasteiger partial charge in [-0.05, 0) is 42.5 Å². The number of aromatic nitrogens is 2. The van der Waals surface area contributed by atoms with E-state index in [9.17, 15) is 4.79 Å². The average molecular weight is 370 g/mol. The molecule has 27 heavy (non-hydrogen) atoms. The predicted octanol–water partition coefficient (Wildman–Crippen LogP) is 3.55. The van der Waals surface area contributed by atoms with Crippen molar-refractivity contribution in [3.05, 3.63) is 46.3 Å². The molecule has 146 valence electrons. The van der Waals surface area contributed by atoms with E-state index in [1.807, 2.05) is 6.07 Å². The fraction of sp³-hybridized carbons (Fsp3) is 0.524. The van der Waals surface area contributed by atoms with Crippen molar-refractivity contribution in [2.45, 2.75) is 58.5 Å². The summed E-state index contributed by atoms with van der Waals surface area (Å²) < 4.78 is 5.52. The van der Waals surface area contributed by atoms with Crippen LogP contribution in [0.1, 0.15) is 55.3 Å². The van der Waals surface area contributed by atoms with Crippen LogP contribution < -0.4 is 10.1 Å². The highest BCUT2D eigenvalue weighted by atomic mass is 16.5. The van der Waals surface area contributed by atoms with Gasteiger partial charge in [-0.25, -0.2) is 4.79 Å². The van der Waals surface area contributed by atoms with Crippen molar-refractivity contribution in [2.75, 3.05) is 14.2 Å². The number of fused-ring (bicyclic) bond motifs is 1. The summed E-state index contributed by atoms with van der Waals surface area (Å²) in [6, 6.07) is 6.19. The van der Waals surface area contributed by atoms with Gasteiger partial charge < -0.3 is 15.0 Å². The number of ether oxygens (including phenoxy) is 1. The van der Waals surface area contributed by atoms with Crippen molar-refractivity contribution in [3.8, 4) is 5.75 Å². The molecular weight excluding hydrogens is 340 g/mol. The number of benzene rings is 1. The number of aryl methyl sites for hydroxylation is 2. The lowest BCUT2D eigenvalue weighted by atomic mass is 9.92. The van der Waals surface area contributed by atoms with Crippen LogP contribution >= 0.6 is 0 Å². The monoisotopic (exact) mass is 370 g/mol. The van der Waals surface area contributed by atoms with Crippen molar-refractivity contribution in [1.29, 1.82) is 0 Å². The van der Waals surface area contributed by atoms with E-state index in [1.165, 1.54) is 17.5 Å². The van der Waals surface area contributed by atoms with Crippen LogP contribution in [0, 0.1) is 0 Å². The molecule has 6 nitrogen and oxygen atoms in total. The van der Waals surface area contributed by atoms with E-state index >= 15 is 0 Å². The lowest BCUT2D eigenvalue weighted by Gasteiger charge is -2.18. The largest absolute Gasteiger partial charge is 0.496 e. The molecule has 0 radical (unpaired) electrons. The first-order valence-corrected chi connectivity index (χ1v) is 9.50. The Bertz CT molecular complexity index is 820. The van der Waals surface area contributed by atoms with Gasteiger partial charge in [-0.3, -0.25) is 5.10 Å². The first-order valence-electron chi connectivity index (χ1n) is 9.50. The minimum Gasteiger partial charge on any atom is -0.496 e. The van der Waals surface area contributed by atoms with Crippen molar-refractivity contribution < 1.29 is 9.53 Å². The highest BCUT2D eigenvalue weighted by molar-refractivity contribution is 5.74. The maximum absolute atomic E-state index is 12.5. The molecule has 2 amide bonds. The molecule has 1 heterocycles. The molecule has 0 aliphatic heterocycles. The maximum Gasteiger partial charge on any atom is 0.317 e. The van der Waals surface area contributed by atoms with E-state index in [-0.39, 0.29) is 11.4 Å². The van der Waals surface area contributed by atoms with Gasteiger partial charge in [0.1, 0.15) is 5.75 Å². The molecule has 0 saturated heterocycles. The molecule has 0 saturated carbocycles. The zero-order valence-electron chi connectivity index (χ0n) is 17.0. The summed E-state index contributed by atoms with van der Waals surface area (Å²) in [6.45, 7) is 7.29. The topological polar surface area (TPSA) is 70.2 Å². The molecule has 0 atom stereocenters. The third kappa shape index (κ3) is 4.43. The van der Waals surface area contributed by atoms with Crippen molar-refractivity contribution >= 4 is 6.03 Å². The number of carbonyl (C=O) groups is 1. The van der Waals surface area contributed by atoms with E-state index in [0.29, 0.717) is 13.1 Å².